The highest BCUT2D eigenvalue weighted by atomic mass is 79.9. The quantitative estimate of drug-likeness (QED) is 0.756. The van der Waals surface area contributed by atoms with Crippen LogP contribution < -0.4 is 4.90 Å². The van der Waals surface area contributed by atoms with E-state index in [1.54, 1.807) is 4.90 Å². The summed E-state index contributed by atoms with van der Waals surface area (Å²) in [4.78, 5) is 5.73. The van der Waals surface area contributed by atoms with Gasteiger partial charge in [0.2, 0.25) is 5.13 Å². The minimum absolute atomic E-state index is 0.288. The van der Waals surface area contributed by atoms with Crippen molar-refractivity contribution in [2.75, 3.05) is 23.3 Å². The van der Waals surface area contributed by atoms with E-state index in [9.17, 15) is 8.78 Å². The highest BCUT2D eigenvalue weighted by molar-refractivity contribution is 9.09. The first-order chi connectivity index (χ1) is 7.17. The molecule has 1 aromatic rings. The van der Waals surface area contributed by atoms with Gasteiger partial charge in [0.05, 0.1) is 6.54 Å². The molecule has 0 amide bonds. The number of alkyl halides is 3. The smallest absolute Gasteiger partial charge is 0.255 e. The van der Waals surface area contributed by atoms with Gasteiger partial charge in [-0.1, -0.05) is 22.9 Å². The molecule has 0 radical (unpaired) electrons. The van der Waals surface area contributed by atoms with E-state index in [0.717, 1.165) is 6.42 Å². The second kappa shape index (κ2) is 6.32. The van der Waals surface area contributed by atoms with Crippen molar-refractivity contribution in [2.24, 2.45) is 0 Å². The summed E-state index contributed by atoms with van der Waals surface area (Å²) < 4.78 is 28.6. The lowest BCUT2D eigenvalue weighted by molar-refractivity contribution is 0.155. The van der Waals surface area contributed by atoms with Crippen LogP contribution >= 0.6 is 27.5 Å². The number of hydrogen-bond acceptors (Lipinski definition) is 4. The minimum atomic E-state index is -2.35. The van der Waals surface area contributed by atoms with Crippen molar-refractivity contribution in [1.29, 1.82) is 0 Å². The molecule has 0 fully saturated rings. The van der Waals surface area contributed by atoms with Gasteiger partial charge in [-0.05, 0) is 0 Å². The number of anilines is 1. The average molecular weight is 300 g/mol. The van der Waals surface area contributed by atoms with Crippen LogP contribution in [0.5, 0.6) is 0 Å². The van der Waals surface area contributed by atoms with E-state index in [-0.39, 0.29) is 6.54 Å². The Balaban J connectivity index is 2.69. The predicted octanol–water partition coefficient (Wildman–Crippen LogP) is 2.57. The zero-order chi connectivity index (χ0) is 11.3. The Hall–Kier alpha value is -0.300. The lowest BCUT2D eigenvalue weighted by Crippen LogP contribution is -2.30. The van der Waals surface area contributed by atoms with Crippen molar-refractivity contribution in [3.05, 3.63) is 5.82 Å². The first-order valence-electron chi connectivity index (χ1n) is 4.59. The monoisotopic (exact) mass is 299 g/mol. The van der Waals surface area contributed by atoms with E-state index >= 15 is 0 Å². The molecule has 0 bridgehead atoms. The van der Waals surface area contributed by atoms with Crippen LogP contribution in [0.3, 0.4) is 0 Å². The minimum Gasteiger partial charge on any atom is -0.340 e. The number of hydrogen-bond donors (Lipinski definition) is 0. The fraction of sp³-hybridized carbons (Fsp3) is 0.750. The molecule has 0 spiro atoms. The molecule has 7 heteroatoms. The van der Waals surface area contributed by atoms with Gasteiger partial charge in [-0.15, -0.1) is 0 Å². The van der Waals surface area contributed by atoms with Crippen LogP contribution in [0.4, 0.5) is 13.9 Å². The zero-order valence-corrected chi connectivity index (χ0v) is 10.7. The maximum atomic E-state index is 12.3. The zero-order valence-electron chi connectivity index (χ0n) is 8.29. The number of halogens is 3. The molecule has 86 valence electrons. The van der Waals surface area contributed by atoms with E-state index in [0.29, 0.717) is 22.8 Å². The molecule has 3 nitrogen and oxygen atoms in total. The highest BCUT2D eigenvalue weighted by Crippen LogP contribution is 2.18. The van der Waals surface area contributed by atoms with Crippen molar-refractivity contribution in [3.8, 4) is 0 Å². The standard InChI is InChI=1S/C8H12BrF2N3S/c1-2-7-12-8(15-13-7)14(4-3-9)5-6(10)11/h6H,2-5H2,1H3. The summed E-state index contributed by atoms with van der Waals surface area (Å²) in [5.41, 5.74) is 0. The molecule has 0 aliphatic heterocycles. The van der Waals surface area contributed by atoms with Gasteiger partial charge < -0.3 is 4.90 Å². The molecule has 0 saturated heterocycles. The SMILES string of the molecule is CCc1nsc(N(CCBr)CC(F)F)n1. The van der Waals surface area contributed by atoms with Crippen LogP contribution in [-0.2, 0) is 6.42 Å². The van der Waals surface area contributed by atoms with Crippen LogP contribution in [0.15, 0.2) is 0 Å². The van der Waals surface area contributed by atoms with E-state index in [2.05, 4.69) is 25.3 Å². The largest absolute Gasteiger partial charge is 0.340 e. The Morgan fingerprint density at radius 2 is 2.27 bits per heavy atom. The fourth-order valence-electron chi connectivity index (χ4n) is 1.05. The van der Waals surface area contributed by atoms with E-state index < -0.39 is 6.43 Å². The molecule has 0 aliphatic rings. The topological polar surface area (TPSA) is 29.0 Å². The Labute approximate surface area is 99.8 Å². The summed E-state index contributed by atoms with van der Waals surface area (Å²) in [6, 6.07) is 0. The fourth-order valence-corrected chi connectivity index (χ4v) is 2.26. The molecule has 0 atom stereocenters. The molecule has 1 heterocycles. The first kappa shape index (κ1) is 12.8. The normalized spacial score (nSPS) is 11.0. The Morgan fingerprint density at radius 3 is 2.73 bits per heavy atom. The number of aryl methyl sites for hydroxylation is 1. The Kier molecular flexibility index (Phi) is 5.38. The summed E-state index contributed by atoms with van der Waals surface area (Å²) in [6.45, 7) is 2.17. The summed E-state index contributed by atoms with van der Waals surface area (Å²) in [7, 11) is 0. The Bertz CT molecular complexity index is 295. The molecule has 15 heavy (non-hydrogen) atoms. The second-order valence-electron chi connectivity index (χ2n) is 2.87. The van der Waals surface area contributed by atoms with Crippen molar-refractivity contribution >= 4 is 32.6 Å². The molecular weight excluding hydrogens is 288 g/mol. The molecule has 1 aromatic heterocycles. The Morgan fingerprint density at radius 1 is 1.53 bits per heavy atom. The van der Waals surface area contributed by atoms with Crippen molar-refractivity contribution < 1.29 is 8.78 Å². The molecular formula is C8H12BrF2N3S. The summed E-state index contributed by atoms with van der Waals surface area (Å²) in [6.07, 6.45) is -1.62. The van der Waals surface area contributed by atoms with Gasteiger partial charge in [0.25, 0.3) is 6.43 Å². The third-order valence-corrected chi connectivity index (χ3v) is 2.93. The molecule has 0 saturated carbocycles. The summed E-state index contributed by atoms with van der Waals surface area (Å²) >= 11 is 4.41. The van der Waals surface area contributed by atoms with Gasteiger partial charge in [0.15, 0.2) is 0 Å². The molecule has 0 unspecified atom stereocenters. The number of aromatic nitrogens is 2. The van der Waals surface area contributed by atoms with Crippen LogP contribution in [0.2, 0.25) is 0 Å². The van der Waals surface area contributed by atoms with Gasteiger partial charge in [-0.3, -0.25) is 0 Å². The second-order valence-corrected chi connectivity index (χ2v) is 4.40. The maximum absolute atomic E-state index is 12.3. The summed E-state index contributed by atoms with van der Waals surface area (Å²) in [5, 5.41) is 1.22. The van der Waals surface area contributed by atoms with Crippen LogP contribution in [0.1, 0.15) is 12.7 Å². The third-order valence-electron chi connectivity index (χ3n) is 1.76. The number of nitrogens with zero attached hydrogens (tertiary/aromatic N) is 3. The van der Waals surface area contributed by atoms with Gasteiger partial charge in [-0.2, -0.15) is 4.37 Å². The molecule has 1 rings (SSSR count). The highest BCUT2D eigenvalue weighted by Gasteiger charge is 2.15. The van der Waals surface area contributed by atoms with Crippen molar-refractivity contribution in [2.45, 2.75) is 19.8 Å². The summed E-state index contributed by atoms with van der Waals surface area (Å²) in [5.74, 6) is 0.712. The lowest BCUT2D eigenvalue weighted by atomic mass is 10.5. The van der Waals surface area contributed by atoms with Gasteiger partial charge in [0, 0.05) is 29.8 Å². The molecule has 0 aliphatic carbocycles. The number of rotatable bonds is 6. The van der Waals surface area contributed by atoms with Crippen molar-refractivity contribution in [1.82, 2.24) is 9.36 Å². The molecule has 0 aromatic carbocycles. The average Bonchev–Trinajstić information content (AvgIpc) is 2.64. The van der Waals surface area contributed by atoms with E-state index in [1.165, 1.54) is 11.5 Å². The van der Waals surface area contributed by atoms with E-state index in [1.807, 2.05) is 6.92 Å². The van der Waals surface area contributed by atoms with Gasteiger partial charge >= 0.3 is 0 Å². The predicted molar refractivity (Wildman–Crippen MR) is 61.3 cm³/mol. The lowest BCUT2D eigenvalue weighted by Gasteiger charge is -2.19. The van der Waals surface area contributed by atoms with Crippen LogP contribution in [0, 0.1) is 0 Å². The first-order valence-corrected chi connectivity index (χ1v) is 6.48. The molecule has 0 N–H and O–H groups in total. The van der Waals surface area contributed by atoms with Gasteiger partial charge in [-0.25, -0.2) is 13.8 Å². The van der Waals surface area contributed by atoms with Crippen LogP contribution in [0.25, 0.3) is 0 Å². The maximum Gasteiger partial charge on any atom is 0.255 e. The van der Waals surface area contributed by atoms with Gasteiger partial charge in [0.1, 0.15) is 5.82 Å². The van der Waals surface area contributed by atoms with Crippen LogP contribution in [-0.4, -0.2) is 34.2 Å². The van der Waals surface area contributed by atoms with Crippen molar-refractivity contribution in [3.63, 3.8) is 0 Å². The third kappa shape index (κ3) is 3.98. The van der Waals surface area contributed by atoms with E-state index in [4.69, 9.17) is 0 Å².